The molecule has 2 aromatic carbocycles. The number of hydrogen-bond donors (Lipinski definition) is 3. The molecule has 0 amide bonds. The van der Waals surface area contributed by atoms with Gasteiger partial charge in [-0.25, -0.2) is 0 Å². The van der Waals surface area contributed by atoms with Crippen molar-refractivity contribution in [3.63, 3.8) is 0 Å². The van der Waals surface area contributed by atoms with Crippen molar-refractivity contribution in [1.82, 2.24) is 14.8 Å². The molecule has 0 spiro atoms. The lowest BCUT2D eigenvalue weighted by molar-refractivity contribution is -0.383. The summed E-state index contributed by atoms with van der Waals surface area (Å²) in [6.45, 7) is 9.59. The number of non-ortho nitro benzene ring substituents is 1. The number of H-pyrrole nitrogens is 1. The second-order valence-corrected chi connectivity index (χ2v) is 8.70. The van der Waals surface area contributed by atoms with Gasteiger partial charge >= 0.3 is 0 Å². The van der Waals surface area contributed by atoms with E-state index in [4.69, 9.17) is 5.73 Å². The van der Waals surface area contributed by atoms with Gasteiger partial charge < -0.3 is 25.8 Å². The molecule has 4 rings (SSSR count). The number of anilines is 1. The summed E-state index contributed by atoms with van der Waals surface area (Å²) in [5.74, 6) is 0. The molecule has 0 aliphatic carbocycles. The average molecular weight is 453 g/mol. The molecule has 0 radical (unpaired) electrons. The number of nitro groups is 1. The van der Waals surface area contributed by atoms with E-state index >= 15 is 0 Å². The first kappa shape index (κ1) is 23.2. The quantitative estimate of drug-likeness (QED) is 0.198. The molecule has 1 aromatic heterocycles. The number of piperazine rings is 1. The Balaban J connectivity index is 1.48. The van der Waals surface area contributed by atoms with E-state index in [9.17, 15) is 14.9 Å². The minimum Gasteiger partial charge on any atom is -0.384 e. The highest BCUT2D eigenvalue weighted by atomic mass is 16.6. The maximum atomic E-state index is 13.4. The van der Waals surface area contributed by atoms with Crippen LogP contribution in [-0.4, -0.2) is 72.1 Å². The smallest absolute Gasteiger partial charge is 0.293 e. The first-order valence-electron chi connectivity index (χ1n) is 11.6. The molecule has 1 aliphatic heterocycles. The van der Waals surface area contributed by atoms with Gasteiger partial charge in [0.1, 0.15) is 5.52 Å². The molecule has 9 heteroatoms. The number of aromatic amines is 1. The Bertz CT molecular complexity index is 1200. The van der Waals surface area contributed by atoms with E-state index in [0.29, 0.717) is 28.5 Å². The van der Waals surface area contributed by atoms with E-state index in [0.717, 1.165) is 64.2 Å². The van der Waals surface area contributed by atoms with Crippen LogP contribution in [0.4, 0.5) is 11.4 Å². The number of nitro benzene ring substituents is 1. The molecule has 3 aromatic rings. The summed E-state index contributed by atoms with van der Waals surface area (Å²) >= 11 is 0. The van der Waals surface area contributed by atoms with E-state index in [1.807, 2.05) is 19.1 Å². The van der Waals surface area contributed by atoms with Crippen LogP contribution in [0, 0.1) is 17.0 Å². The Kier molecular flexibility index (Phi) is 7.22. The molecule has 0 unspecified atom stereocenters. The molecule has 0 atom stereocenters. The topological polar surface area (TPSA) is 121 Å². The zero-order chi connectivity index (χ0) is 23.4. The summed E-state index contributed by atoms with van der Waals surface area (Å²) < 4.78 is 0. The van der Waals surface area contributed by atoms with Crippen LogP contribution in [0.3, 0.4) is 0 Å². The summed E-state index contributed by atoms with van der Waals surface area (Å²) in [5, 5.41) is 15.9. The van der Waals surface area contributed by atoms with Crippen molar-refractivity contribution in [2.24, 2.45) is 5.73 Å². The Labute approximate surface area is 192 Å². The highest BCUT2D eigenvalue weighted by molar-refractivity contribution is 6.03. The number of fused-ring (bicyclic) bond motifs is 2. The Morgan fingerprint density at radius 1 is 1.06 bits per heavy atom. The van der Waals surface area contributed by atoms with Gasteiger partial charge in [-0.1, -0.05) is 12.1 Å². The Hall–Kier alpha value is -3.01. The first-order valence-corrected chi connectivity index (χ1v) is 11.6. The number of aromatic nitrogens is 1. The van der Waals surface area contributed by atoms with Crippen molar-refractivity contribution in [2.75, 3.05) is 57.7 Å². The van der Waals surface area contributed by atoms with Gasteiger partial charge in [0.15, 0.2) is 5.43 Å². The standard InChI is InChI=1S/C24H32N6O3/c1-17-5-2-6-19-21(17)24(31)22-18(7-8-20(30(32)33)23(22)27-19)26-10-4-12-29-15-13-28(14-16-29)11-3-9-25/h2,5-8,26H,3-4,9-16,25H2,1H3,(H,27,31). The second kappa shape index (κ2) is 10.3. The summed E-state index contributed by atoms with van der Waals surface area (Å²) in [6, 6.07) is 8.61. The second-order valence-electron chi connectivity index (χ2n) is 8.70. The third kappa shape index (κ3) is 5.00. The highest BCUT2D eigenvalue weighted by Crippen LogP contribution is 2.30. The number of nitrogens with one attached hydrogen (secondary N) is 2. The van der Waals surface area contributed by atoms with E-state index in [1.54, 1.807) is 12.1 Å². The van der Waals surface area contributed by atoms with Gasteiger partial charge in [0, 0.05) is 49.9 Å². The maximum absolute atomic E-state index is 13.4. The van der Waals surface area contributed by atoms with E-state index in [-0.39, 0.29) is 16.6 Å². The fraction of sp³-hybridized carbons (Fsp3) is 0.458. The van der Waals surface area contributed by atoms with Crippen LogP contribution in [0.5, 0.6) is 0 Å². The molecule has 4 N–H and O–H groups in total. The minimum atomic E-state index is -0.448. The number of hydrogen-bond acceptors (Lipinski definition) is 7. The maximum Gasteiger partial charge on any atom is 0.293 e. The van der Waals surface area contributed by atoms with E-state index in [2.05, 4.69) is 20.1 Å². The molecule has 1 aliphatic rings. The molecule has 2 heterocycles. The third-order valence-electron chi connectivity index (χ3n) is 6.48. The molecule has 0 saturated carbocycles. The lowest BCUT2D eigenvalue weighted by Crippen LogP contribution is -2.47. The van der Waals surface area contributed by atoms with Gasteiger partial charge in [-0.05, 0) is 57.1 Å². The summed E-state index contributed by atoms with van der Waals surface area (Å²) in [4.78, 5) is 32.6. The SMILES string of the molecule is Cc1cccc2[nH]c3c([N+](=O)[O-])ccc(NCCCN4CCN(CCCN)CC4)c3c(=O)c12. The van der Waals surface area contributed by atoms with Gasteiger partial charge in [0.05, 0.1) is 15.8 Å². The highest BCUT2D eigenvalue weighted by Gasteiger charge is 2.20. The molecular weight excluding hydrogens is 420 g/mol. The summed E-state index contributed by atoms with van der Waals surface area (Å²) in [6.07, 6.45) is 1.97. The number of aryl methyl sites for hydroxylation is 1. The lowest BCUT2D eigenvalue weighted by atomic mass is 10.0. The first-order chi connectivity index (χ1) is 16.0. The lowest BCUT2D eigenvalue weighted by Gasteiger charge is -2.34. The molecule has 1 saturated heterocycles. The third-order valence-corrected chi connectivity index (χ3v) is 6.48. The largest absolute Gasteiger partial charge is 0.384 e. The molecule has 9 nitrogen and oxygen atoms in total. The molecule has 33 heavy (non-hydrogen) atoms. The zero-order valence-corrected chi connectivity index (χ0v) is 19.1. The van der Waals surface area contributed by atoms with Crippen LogP contribution in [0.25, 0.3) is 21.8 Å². The molecule has 176 valence electrons. The number of pyridine rings is 1. The van der Waals surface area contributed by atoms with Crippen molar-refractivity contribution in [3.05, 3.63) is 56.2 Å². The van der Waals surface area contributed by atoms with Gasteiger partial charge in [-0.15, -0.1) is 0 Å². The van der Waals surface area contributed by atoms with Crippen LogP contribution in [0.1, 0.15) is 18.4 Å². The zero-order valence-electron chi connectivity index (χ0n) is 19.1. The van der Waals surface area contributed by atoms with E-state index in [1.165, 1.54) is 6.07 Å². The van der Waals surface area contributed by atoms with E-state index < -0.39 is 4.92 Å². The summed E-state index contributed by atoms with van der Waals surface area (Å²) in [5.41, 5.74) is 7.68. The molecule has 0 bridgehead atoms. The normalized spacial score (nSPS) is 15.3. The van der Waals surface area contributed by atoms with Crippen molar-refractivity contribution < 1.29 is 4.92 Å². The fourth-order valence-corrected chi connectivity index (χ4v) is 4.66. The van der Waals surface area contributed by atoms with Gasteiger partial charge in [0.2, 0.25) is 0 Å². The Morgan fingerprint density at radius 3 is 2.42 bits per heavy atom. The number of benzene rings is 2. The van der Waals surface area contributed by atoms with Crippen LogP contribution < -0.4 is 16.5 Å². The van der Waals surface area contributed by atoms with Crippen molar-refractivity contribution in [3.8, 4) is 0 Å². The van der Waals surface area contributed by atoms with Crippen molar-refractivity contribution in [2.45, 2.75) is 19.8 Å². The van der Waals surface area contributed by atoms with Crippen LogP contribution in [-0.2, 0) is 0 Å². The monoisotopic (exact) mass is 452 g/mol. The van der Waals surface area contributed by atoms with Gasteiger partial charge in [0.25, 0.3) is 5.69 Å². The van der Waals surface area contributed by atoms with Crippen LogP contribution >= 0.6 is 0 Å². The molecular formula is C24H32N6O3. The molecule has 1 fully saturated rings. The number of rotatable bonds is 9. The summed E-state index contributed by atoms with van der Waals surface area (Å²) in [7, 11) is 0. The van der Waals surface area contributed by atoms with Crippen LogP contribution in [0.15, 0.2) is 35.1 Å². The average Bonchev–Trinajstić information content (AvgIpc) is 2.81. The number of nitrogens with two attached hydrogens (primary N) is 1. The predicted octanol–water partition coefficient (Wildman–Crippen LogP) is 2.67. The van der Waals surface area contributed by atoms with Crippen molar-refractivity contribution >= 4 is 33.2 Å². The van der Waals surface area contributed by atoms with Crippen LogP contribution in [0.2, 0.25) is 0 Å². The Morgan fingerprint density at radius 2 is 1.76 bits per heavy atom. The predicted molar refractivity (Wildman–Crippen MR) is 133 cm³/mol. The fourth-order valence-electron chi connectivity index (χ4n) is 4.66. The van der Waals surface area contributed by atoms with Gasteiger partial charge in [-0.3, -0.25) is 14.9 Å². The minimum absolute atomic E-state index is 0.0939. The van der Waals surface area contributed by atoms with Crippen molar-refractivity contribution in [1.29, 1.82) is 0 Å². The van der Waals surface area contributed by atoms with Gasteiger partial charge in [-0.2, -0.15) is 0 Å². The number of nitrogens with zero attached hydrogens (tertiary/aromatic N) is 3.